The number of ether oxygens (including phenoxy) is 2. The normalized spacial score (nSPS) is 12.1. The molecule has 0 aliphatic rings. The van der Waals surface area contributed by atoms with Gasteiger partial charge in [0.2, 0.25) is 0 Å². The van der Waals surface area contributed by atoms with E-state index < -0.39 is 27.8 Å². The molecule has 2 aromatic rings. The number of nitrogens with one attached hydrogen (secondary N) is 1. The van der Waals surface area contributed by atoms with Crippen molar-refractivity contribution in [1.29, 1.82) is 0 Å². The number of hydrogen-bond acceptors (Lipinski definition) is 6. The van der Waals surface area contributed by atoms with E-state index in [1.54, 1.807) is 24.3 Å². The molecule has 0 radical (unpaired) electrons. The molecule has 7 nitrogen and oxygen atoms in total. The summed E-state index contributed by atoms with van der Waals surface area (Å²) in [6, 6.07) is 10.4. The average molecular weight is 426 g/mol. The van der Waals surface area contributed by atoms with Crippen LogP contribution in [0.25, 0.3) is 0 Å². The molecule has 0 spiro atoms. The summed E-state index contributed by atoms with van der Waals surface area (Å²) in [5.74, 6) is -0.780. The molecular formula is C19H20ClNO6S. The molecule has 0 aliphatic heterocycles. The first-order chi connectivity index (χ1) is 13.1. The number of carbonyl (C=O) groups excluding carboxylic acids is 2. The molecule has 2 aromatic carbocycles. The van der Waals surface area contributed by atoms with Gasteiger partial charge in [-0.15, -0.1) is 0 Å². The number of benzene rings is 2. The summed E-state index contributed by atoms with van der Waals surface area (Å²) in [6.07, 6.45) is -0.116. The summed E-state index contributed by atoms with van der Waals surface area (Å²) in [6.45, 7) is 3.79. The van der Waals surface area contributed by atoms with Crippen molar-refractivity contribution in [2.45, 2.75) is 24.8 Å². The Morgan fingerprint density at radius 2 is 1.79 bits per heavy atom. The van der Waals surface area contributed by atoms with Crippen LogP contribution in [0.5, 0.6) is 5.75 Å². The van der Waals surface area contributed by atoms with E-state index in [2.05, 4.69) is 5.32 Å². The quantitative estimate of drug-likeness (QED) is 0.683. The molecule has 0 fully saturated rings. The predicted octanol–water partition coefficient (Wildman–Crippen LogP) is 3.33. The fraction of sp³-hybridized carbons (Fsp3) is 0.263. The van der Waals surface area contributed by atoms with Crippen LogP contribution < -0.4 is 10.1 Å². The van der Waals surface area contributed by atoms with Gasteiger partial charge in [0.15, 0.2) is 15.9 Å². The van der Waals surface area contributed by atoms with Crippen molar-refractivity contribution < 1.29 is 27.5 Å². The number of amides is 1. The number of hydrogen-bond donors (Lipinski definition) is 1. The highest BCUT2D eigenvalue weighted by Gasteiger charge is 2.22. The zero-order valence-electron chi connectivity index (χ0n) is 15.6. The SMILES string of the molecule is CCOc1ccc(NC(=O)C(C)OC(=O)c2cc(S(C)(=O)=O)ccc2Cl)cc1. The number of rotatable bonds is 7. The summed E-state index contributed by atoms with van der Waals surface area (Å²) in [5.41, 5.74) is 0.374. The summed E-state index contributed by atoms with van der Waals surface area (Å²) >= 11 is 5.97. The summed E-state index contributed by atoms with van der Waals surface area (Å²) in [7, 11) is -3.52. The van der Waals surface area contributed by atoms with E-state index in [0.717, 1.165) is 12.3 Å². The minimum absolute atomic E-state index is 0.0246. The monoisotopic (exact) mass is 425 g/mol. The third-order valence-corrected chi connectivity index (χ3v) is 5.11. The topological polar surface area (TPSA) is 98.8 Å². The second-order valence-electron chi connectivity index (χ2n) is 5.91. The molecule has 28 heavy (non-hydrogen) atoms. The minimum Gasteiger partial charge on any atom is -0.494 e. The van der Waals surface area contributed by atoms with E-state index in [1.807, 2.05) is 6.92 Å². The van der Waals surface area contributed by atoms with E-state index in [9.17, 15) is 18.0 Å². The van der Waals surface area contributed by atoms with Crippen LogP contribution in [-0.2, 0) is 19.4 Å². The van der Waals surface area contributed by atoms with Gasteiger partial charge in [-0.1, -0.05) is 11.6 Å². The Morgan fingerprint density at radius 3 is 2.36 bits per heavy atom. The molecule has 1 atom stereocenters. The van der Waals surface area contributed by atoms with Crippen molar-refractivity contribution in [2.24, 2.45) is 0 Å². The summed E-state index contributed by atoms with van der Waals surface area (Å²) < 4.78 is 33.7. The van der Waals surface area contributed by atoms with Gasteiger partial charge in [0, 0.05) is 11.9 Å². The standard InChI is InChI=1S/C19H20ClNO6S/c1-4-26-14-7-5-13(6-8-14)21-18(22)12(2)27-19(23)16-11-15(28(3,24)25)9-10-17(16)20/h5-12H,4H2,1-3H3,(H,21,22). The molecule has 150 valence electrons. The number of sulfone groups is 1. The van der Waals surface area contributed by atoms with Crippen LogP contribution in [0.3, 0.4) is 0 Å². The third-order valence-electron chi connectivity index (χ3n) is 3.67. The first kappa shape index (κ1) is 21.7. The van der Waals surface area contributed by atoms with Crippen molar-refractivity contribution >= 4 is 39.0 Å². The molecule has 0 saturated heterocycles. The Balaban J connectivity index is 2.06. The average Bonchev–Trinajstić information content (AvgIpc) is 2.62. The van der Waals surface area contributed by atoms with Gasteiger partial charge in [-0.2, -0.15) is 0 Å². The van der Waals surface area contributed by atoms with Crippen LogP contribution in [-0.4, -0.2) is 39.3 Å². The lowest BCUT2D eigenvalue weighted by Crippen LogP contribution is -2.30. The molecule has 0 bridgehead atoms. The van der Waals surface area contributed by atoms with Gasteiger partial charge < -0.3 is 14.8 Å². The van der Waals surface area contributed by atoms with Crippen molar-refractivity contribution in [2.75, 3.05) is 18.2 Å². The van der Waals surface area contributed by atoms with Crippen molar-refractivity contribution in [1.82, 2.24) is 0 Å². The van der Waals surface area contributed by atoms with Gasteiger partial charge in [-0.05, 0) is 56.3 Å². The third kappa shape index (κ3) is 5.71. The molecule has 0 aliphatic carbocycles. The summed E-state index contributed by atoms with van der Waals surface area (Å²) in [4.78, 5) is 24.5. The second kappa shape index (κ2) is 9.07. The lowest BCUT2D eigenvalue weighted by Gasteiger charge is -2.14. The molecule has 2 rings (SSSR count). The van der Waals surface area contributed by atoms with Gasteiger partial charge >= 0.3 is 5.97 Å². The highest BCUT2D eigenvalue weighted by atomic mass is 35.5. The van der Waals surface area contributed by atoms with E-state index in [-0.39, 0.29) is 15.5 Å². The molecular weight excluding hydrogens is 406 g/mol. The van der Waals surface area contributed by atoms with Crippen LogP contribution in [0.4, 0.5) is 5.69 Å². The van der Waals surface area contributed by atoms with Crippen molar-refractivity contribution in [3.63, 3.8) is 0 Å². The zero-order chi connectivity index (χ0) is 20.9. The second-order valence-corrected chi connectivity index (χ2v) is 8.33. The predicted molar refractivity (Wildman–Crippen MR) is 106 cm³/mol. The van der Waals surface area contributed by atoms with E-state index in [4.69, 9.17) is 21.1 Å². The number of esters is 1. The first-order valence-electron chi connectivity index (χ1n) is 8.36. The fourth-order valence-electron chi connectivity index (χ4n) is 2.21. The molecule has 0 heterocycles. The molecule has 0 aromatic heterocycles. The van der Waals surface area contributed by atoms with E-state index in [0.29, 0.717) is 18.0 Å². The lowest BCUT2D eigenvalue weighted by atomic mass is 10.2. The van der Waals surface area contributed by atoms with E-state index >= 15 is 0 Å². The molecule has 1 N–H and O–H groups in total. The Hall–Kier alpha value is -2.58. The maximum Gasteiger partial charge on any atom is 0.340 e. The molecule has 1 unspecified atom stereocenters. The Bertz CT molecular complexity index is 972. The Morgan fingerprint density at radius 1 is 1.14 bits per heavy atom. The number of halogens is 1. The van der Waals surface area contributed by atoms with Gasteiger partial charge in [-0.3, -0.25) is 4.79 Å². The number of anilines is 1. The summed E-state index contributed by atoms with van der Waals surface area (Å²) in [5, 5.41) is 2.64. The van der Waals surface area contributed by atoms with Gasteiger partial charge in [0.05, 0.1) is 22.1 Å². The molecule has 9 heteroatoms. The van der Waals surface area contributed by atoms with Gasteiger partial charge in [0.1, 0.15) is 5.75 Å². The minimum atomic E-state index is -3.52. The molecule has 0 saturated carbocycles. The van der Waals surface area contributed by atoms with Crippen LogP contribution in [0.1, 0.15) is 24.2 Å². The van der Waals surface area contributed by atoms with Crippen molar-refractivity contribution in [3.8, 4) is 5.75 Å². The smallest absolute Gasteiger partial charge is 0.340 e. The van der Waals surface area contributed by atoms with Crippen LogP contribution >= 0.6 is 11.6 Å². The van der Waals surface area contributed by atoms with Crippen molar-refractivity contribution in [3.05, 3.63) is 53.1 Å². The molecule has 1 amide bonds. The van der Waals surface area contributed by atoms with Gasteiger partial charge in [0.25, 0.3) is 5.91 Å². The lowest BCUT2D eigenvalue weighted by molar-refractivity contribution is -0.123. The Kier molecular flexibility index (Phi) is 7.04. The van der Waals surface area contributed by atoms with E-state index in [1.165, 1.54) is 19.1 Å². The van der Waals surface area contributed by atoms with Crippen LogP contribution in [0.15, 0.2) is 47.4 Å². The maximum atomic E-state index is 12.3. The maximum absolute atomic E-state index is 12.3. The highest BCUT2D eigenvalue weighted by Crippen LogP contribution is 2.22. The number of carbonyl (C=O) groups is 2. The zero-order valence-corrected chi connectivity index (χ0v) is 17.1. The van der Waals surface area contributed by atoms with Gasteiger partial charge in [-0.25, -0.2) is 13.2 Å². The van der Waals surface area contributed by atoms with Crippen LogP contribution in [0, 0.1) is 0 Å². The largest absolute Gasteiger partial charge is 0.494 e. The highest BCUT2D eigenvalue weighted by molar-refractivity contribution is 7.90. The fourth-order valence-corrected chi connectivity index (χ4v) is 3.06. The first-order valence-corrected chi connectivity index (χ1v) is 10.6. The Labute approximate surface area is 168 Å². The van der Waals surface area contributed by atoms with Crippen LogP contribution in [0.2, 0.25) is 5.02 Å².